The van der Waals surface area contributed by atoms with Crippen molar-refractivity contribution < 1.29 is 19.5 Å². The van der Waals surface area contributed by atoms with Gasteiger partial charge in [-0.05, 0) is 37.1 Å². The van der Waals surface area contributed by atoms with E-state index in [9.17, 15) is 14.4 Å². The number of carboxylic acids is 1. The van der Waals surface area contributed by atoms with Gasteiger partial charge in [-0.15, -0.1) is 0 Å². The number of benzene rings is 1. The summed E-state index contributed by atoms with van der Waals surface area (Å²) in [5.41, 5.74) is 0.459. The minimum absolute atomic E-state index is 0.00914. The lowest BCUT2D eigenvalue weighted by Gasteiger charge is -2.27. The number of aliphatic carboxylic acids is 1. The van der Waals surface area contributed by atoms with Crippen LogP contribution in [0, 0.1) is 0 Å². The molecule has 1 aliphatic carbocycles. The molecule has 0 radical (unpaired) electrons. The molecule has 1 saturated carbocycles. The Kier molecular flexibility index (Phi) is 5.60. The van der Waals surface area contributed by atoms with E-state index in [0.717, 1.165) is 42.3 Å². The molecule has 0 aliphatic heterocycles. The molecule has 6 heteroatoms. The topological polar surface area (TPSA) is 74.7 Å². The van der Waals surface area contributed by atoms with Crippen molar-refractivity contribution in [1.29, 1.82) is 0 Å². The molecule has 118 valence electrons. The first-order chi connectivity index (χ1) is 10.5. The number of hydrogen-bond acceptors (Lipinski definition) is 4. The van der Waals surface area contributed by atoms with E-state index in [1.807, 2.05) is 0 Å². The molecule has 1 amide bonds. The van der Waals surface area contributed by atoms with E-state index in [1.54, 1.807) is 24.3 Å². The van der Waals surface area contributed by atoms with Gasteiger partial charge in [0.2, 0.25) is 0 Å². The summed E-state index contributed by atoms with van der Waals surface area (Å²) in [6, 6.07) is 6.74. The van der Waals surface area contributed by atoms with Crippen LogP contribution < -0.4 is 0 Å². The quantitative estimate of drug-likeness (QED) is 0.844. The van der Waals surface area contributed by atoms with Crippen LogP contribution in [0.4, 0.5) is 0 Å². The molecule has 0 saturated heterocycles. The monoisotopic (exact) mass is 321 g/mol. The predicted octanol–water partition coefficient (Wildman–Crippen LogP) is 2.79. The molecule has 1 fully saturated rings. The maximum atomic E-state index is 12.6. The summed E-state index contributed by atoms with van der Waals surface area (Å²) in [7, 11) is 0. The van der Waals surface area contributed by atoms with E-state index >= 15 is 0 Å². The Balaban J connectivity index is 2.14. The Labute approximate surface area is 133 Å². The van der Waals surface area contributed by atoms with Crippen molar-refractivity contribution >= 4 is 28.8 Å². The lowest BCUT2D eigenvalue weighted by atomic mass is 10.1. The third-order valence-electron chi connectivity index (χ3n) is 3.69. The molecule has 1 aromatic rings. The lowest BCUT2D eigenvalue weighted by molar-refractivity contribution is -0.138. The van der Waals surface area contributed by atoms with Crippen molar-refractivity contribution in [1.82, 2.24) is 4.90 Å². The number of hydrogen-bond donors (Lipinski definition) is 1. The Morgan fingerprint density at radius 2 is 1.77 bits per heavy atom. The lowest BCUT2D eigenvalue weighted by Crippen LogP contribution is -2.42. The van der Waals surface area contributed by atoms with E-state index in [2.05, 4.69) is 0 Å². The van der Waals surface area contributed by atoms with E-state index in [0.29, 0.717) is 5.56 Å². The minimum atomic E-state index is -0.996. The van der Waals surface area contributed by atoms with Gasteiger partial charge >= 0.3 is 5.97 Å². The summed E-state index contributed by atoms with van der Waals surface area (Å²) < 4.78 is 0. The highest BCUT2D eigenvalue weighted by molar-refractivity contribution is 8.13. The van der Waals surface area contributed by atoms with Crippen molar-refractivity contribution in [2.24, 2.45) is 0 Å². The van der Waals surface area contributed by atoms with Crippen LogP contribution >= 0.6 is 11.8 Å². The molecular formula is C16H19NO4S. The predicted molar refractivity (Wildman–Crippen MR) is 83.9 cm³/mol. The molecule has 2 rings (SSSR count). The number of rotatable bonds is 5. The van der Waals surface area contributed by atoms with Gasteiger partial charge in [-0.1, -0.05) is 24.6 Å². The maximum absolute atomic E-state index is 12.6. The normalized spacial score (nSPS) is 14.8. The minimum Gasteiger partial charge on any atom is -0.480 e. The maximum Gasteiger partial charge on any atom is 0.323 e. The molecule has 0 heterocycles. The number of carboxylic acid groups (broad SMARTS) is 1. The Hall–Kier alpha value is -1.82. The van der Waals surface area contributed by atoms with E-state index < -0.39 is 5.97 Å². The van der Waals surface area contributed by atoms with Crippen LogP contribution in [0.15, 0.2) is 29.2 Å². The third-order valence-corrected chi connectivity index (χ3v) is 4.49. The van der Waals surface area contributed by atoms with Gasteiger partial charge in [-0.2, -0.15) is 0 Å². The number of carbonyl (C=O) groups is 3. The van der Waals surface area contributed by atoms with Gasteiger partial charge in [-0.3, -0.25) is 14.4 Å². The molecule has 0 unspecified atom stereocenters. The van der Waals surface area contributed by atoms with Crippen LogP contribution in [0.25, 0.3) is 0 Å². The van der Waals surface area contributed by atoms with Crippen molar-refractivity contribution in [2.75, 3.05) is 6.54 Å². The van der Waals surface area contributed by atoms with Gasteiger partial charge < -0.3 is 10.0 Å². The first-order valence-electron chi connectivity index (χ1n) is 7.28. The summed E-state index contributed by atoms with van der Waals surface area (Å²) in [6.45, 7) is 1.21. The molecule has 0 atom stereocenters. The van der Waals surface area contributed by atoms with Gasteiger partial charge in [0, 0.05) is 23.4 Å². The van der Waals surface area contributed by atoms with Crippen molar-refractivity contribution in [2.45, 2.75) is 43.5 Å². The number of carbonyl (C=O) groups excluding carboxylic acids is 2. The van der Waals surface area contributed by atoms with Gasteiger partial charge in [0.15, 0.2) is 5.12 Å². The summed E-state index contributed by atoms with van der Waals surface area (Å²) in [4.78, 5) is 36.9. The first kappa shape index (κ1) is 16.5. The highest BCUT2D eigenvalue weighted by Crippen LogP contribution is 2.25. The SMILES string of the molecule is CC(=O)Sc1ccc(C(=O)N(CC(=O)O)C2CCCC2)cc1. The number of nitrogens with zero attached hydrogens (tertiary/aromatic N) is 1. The second kappa shape index (κ2) is 7.45. The summed E-state index contributed by atoms with van der Waals surface area (Å²) in [5, 5.41) is 9.03. The van der Waals surface area contributed by atoms with E-state index in [4.69, 9.17) is 5.11 Å². The van der Waals surface area contributed by atoms with Gasteiger partial charge in [0.1, 0.15) is 6.54 Å². The molecular weight excluding hydrogens is 302 g/mol. The van der Waals surface area contributed by atoms with Gasteiger partial charge in [0.05, 0.1) is 0 Å². The van der Waals surface area contributed by atoms with Gasteiger partial charge in [0.25, 0.3) is 5.91 Å². The first-order valence-corrected chi connectivity index (χ1v) is 8.10. The zero-order valence-electron chi connectivity index (χ0n) is 12.4. The largest absolute Gasteiger partial charge is 0.480 e. The van der Waals surface area contributed by atoms with Crippen molar-refractivity contribution in [3.63, 3.8) is 0 Å². The van der Waals surface area contributed by atoms with Crippen LogP contribution in [0.3, 0.4) is 0 Å². The second-order valence-corrected chi connectivity index (χ2v) is 6.63. The van der Waals surface area contributed by atoms with Crippen LogP contribution in [-0.4, -0.2) is 39.6 Å². The second-order valence-electron chi connectivity index (χ2n) is 5.38. The van der Waals surface area contributed by atoms with E-state index in [1.165, 1.54) is 11.8 Å². The Bertz CT molecular complexity index is 564. The fraction of sp³-hybridized carbons (Fsp3) is 0.438. The number of thioether (sulfide) groups is 1. The molecule has 1 aromatic carbocycles. The smallest absolute Gasteiger partial charge is 0.323 e. The zero-order chi connectivity index (χ0) is 16.1. The zero-order valence-corrected chi connectivity index (χ0v) is 13.3. The highest BCUT2D eigenvalue weighted by atomic mass is 32.2. The van der Waals surface area contributed by atoms with E-state index in [-0.39, 0.29) is 23.6 Å². The molecule has 0 spiro atoms. The average molecular weight is 321 g/mol. The average Bonchev–Trinajstić information content (AvgIpc) is 2.98. The Morgan fingerprint density at radius 3 is 2.27 bits per heavy atom. The summed E-state index contributed by atoms with van der Waals surface area (Å²) >= 11 is 1.11. The molecule has 5 nitrogen and oxygen atoms in total. The molecule has 22 heavy (non-hydrogen) atoms. The summed E-state index contributed by atoms with van der Waals surface area (Å²) in [5.74, 6) is -1.25. The van der Waals surface area contributed by atoms with Crippen molar-refractivity contribution in [3.8, 4) is 0 Å². The van der Waals surface area contributed by atoms with Crippen LogP contribution in [0.2, 0.25) is 0 Å². The fourth-order valence-corrected chi connectivity index (χ4v) is 3.33. The van der Waals surface area contributed by atoms with Crippen molar-refractivity contribution in [3.05, 3.63) is 29.8 Å². The molecule has 0 aromatic heterocycles. The summed E-state index contributed by atoms with van der Waals surface area (Å²) in [6.07, 6.45) is 3.78. The van der Waals surface area contributed by atoms with Crippen LogP contribution in [0.1, 0.15) is 43.0 Å². The fourth-order valence-electron chi connectivity index (χ4n) is 2.73. The molecule has 1 N–H and O–H groups in total. The highest BCUT2D eigenvalue weighted by Gasteiger charge is 2.28. The van der Waals surface area contributed by atoms with Crippen LogP contribution in [-0.2, 0) is 9.59 Å². The number of amides is 1. The third kappa shape index (κ3) is 4.34. The van der Waals surface area contributed by atoms with Gasteiger partial charge in [-0.25, -0.2) is 0 Å². The van der Waals surface area contributed by atoms with Crippen LogP contribution in [0.5, 0.6) is 0 Å². The Morgan fingerprint density at radius 1 is 1.18 bits per heavy atom. The molecule has 0 bridgehead atoms. The molecule has 1 aliphatic rings. The standard InChI is InChI=1S/C16H19NO4S/c1-11(18)22-14-8-6-12(7-9-14)16(21)17(10-15(19)20)13-4-2-3-5-13/h6-9,13H,2-5,10H2,1H3,(H,19,20).